The van der Waals surface area contributed by atoms with Gasteiger partial charge in [-0.3, -0.25) is 9.59 Å². The SMILES string of the molecule is CC(C)(C)C(=O)OCOP(=O)(OCl)OCOC(=O)C(C)(C)C. The molecule has 8 nitrogen and oxygen atoms in total. The fourth-order valence-electron chi connectivity index (χ4n) is 0.799. The average molecular weight is 361 g/mol. The Labute approximate surface area is 135 Å². The molecule has 0 fully saturated rings. The van der Waals surface area contributed by atoms with Crippen LogP contribution in [0.15, 0.2) is 0 Å². The molecule has 0 aromatic heterocycles. The van der Waals surface area contributed by atoms with Crippen LogP contribution in [0.1, 0.15) is 41.5 Å². The maximum atomic E-state index is 11.9. The molecule has 0 bridgehead atoms. The minimum Gasteiger partial charge on any atom is -0.437 e. The summed E-state index contributed by atoms with van der Waals surface area (Å²) in [5.41, 5.74) is -1.50. The van der Waals surface area contributed by atoms with Crippen molar-refractivity contribution < 1.29 is 36.8 Å². The number of rotatable bonds is 7. The zero-order chi connectivity index (χ0) is 17.6. The van der Waals surface area contributed by atoms with Crippen molar-refractivity contribution in [2.24, 2.45) is 10.8 Å². The van der Waals surface area contributed by atoms with Crippen LogP contribution in [-0.4, -0.2) is 25.5 Å². The summed E-state index contributed by atoms with van der Waals surface area (Å²) in [6.07, 6.45) is 0. The highest BCUT2D eigenvalue weighted by Crippen LogP contribution is 2.50. The van der Waals surface area contributed by atoms with Gasteiger partial charge in [-0.1, -0.05) is 0 Å². The van der Waals surface area contributed by atoms with Crippen LogP contribution >= 0.6 is 19.7 Å². The third kappa shape index (κ3) is 8.10. The summed E-state index contributed by atoms with van der Waals surface area (Å²) < 4.78 is 34.7. The van der Waals surface area contributed by atoms with Crippen LogP contribution in [0.2, 0.25) is 0 Å². The molecule has 0 atom stereocenters. The van der Waals surface area contributed by atoms with Gasteiger partial charge in [0.1, 0.15) is 0 Å². The normalized spacial score (nSPS) is 12.9. The Balaban J connectivity index is 4.29. The molecule has 0 aromatic rings. The molecule has 0 saturated carbocycles. The standard InChI is InChI=1S/C12H22ClO8P/c1-11(2,3)9(14)17-7-19-22(16,21-13)20-8-18-10(15)12(4,5)6/h7-8H2,1-6H3. The lowest BCUT2D eigenvalue weighted by atomic mass is 9.98. The van der Waals surface area contributed by atoms with Gasteiger partial charge >= 0.3 is 19.8 Å². The Morgan fingerprint density at radius 2 is 1.18 bits per heavy atom. The van der Waals surface area contributed by atoms with E-state index in [1.165, 1.54) is 0 Å². The predicted octanol–water partition coefficient (Wildman–Crippen LogP) is 3.39. The Kier molecular flexibility index (Phi) is 8.02. The Bertz CT molecular complexity index is 401. The smallest absolute Gasteiger partial charge is 0.437 e. The largest absolute Gasteiger partial charge is 0.497 e. The van der Waals surface area contributed by atoms with Gasteiger partial charge in [-0.25, -0.2) is 13.6 Å². The Morgan fingerprint density at radius 1 is 0.864 bits per heavy atom. The van der Waals surface area contributed by atoms with Crippen molar-refractivity contribution in [3.63, 3.8) is 0 Å². The molecule has 10 heteroatoms. The van der Waals surface area contributed by atoms with E-state index >= 15 is 0 Å². The summed E-state index contributed by atoms with van der Waals surface area (Å²) in [5.74, 6) is -1.15. The first kappa shape index (κ1) is 21.3. The first-order valence-electron chi connectivity index (χ1n) is 6.36. The van der Waals surface area contributed by atoms with E-state index in [2.05, 4.69) is 13.1 Å². The molecular weight excluding hydrogens is 339 g/mol. The molecule has 0 N–H and O–H groups in total. The average Bonchev–Trinajstić information content (AvgIpc) is 2.36. The molecule has 0 spiro atoms. The highest BCUT2D eigenvalue weighted by atomic mass is 35.5. The van der Waals surface area contributed by atoms with E-state index in [1.807, 2.05) is 0 Å². The Morgan fingerprint density at radius 3 is 1.41 bits per heavy atom. The lowest BCUT2D eigenvalue weighted by Gasteiger charge is -2.19. The number of carbonyl (C=O) groups excluding carboxylic acids is 2. The lowest BCUT2D eigenvalue weighted by molar-refractivity contribution is -0.162. The van der Waals surface area contributed by atoms with E-state index in [-0.39, 0.29) is 0 Å². The van der Waals surface area contributed by atoms with Crippen LogP contribution < -0.4 is 0 Å². The number of esters is 2. The van der Waals surface area contributed by atoms with E-state index in [1.54, 1.807) is 41.5 Å². The highest BCUT2D eigenvalue weighted by Gasteiger charge is 2.31. The van der Waals surface area contributed by atoms with Crippen LogP contribution in [-0.2, 0) is 36.8 Å². The van der Waals surface area contributed by atoms with Crippen molar-refractivity contribution in [3.05, 3.63) is 0 Å². The number of carbonyl (C=O) groups is 2. The number of phosphoric acid groups is 1. The third-order valence-corrected chi connectivity index (χ3v) is 3.63. The Hall–Kier alpha value is -0.660. The maximum Gasteiger partial charge on any atom is 0.497 e. The zero-order valence-corrected chi connectivity index (χ0v) is 15.2. The first-order valence-corrected chi connectivity index (χ1v) is 8.12. The summed E-state index contributed by atoms with van der Waals surface area (Å²) in [6, 6.07) is 0. The van der Waals surface area contributed by atoms with Crippen molar-refractivity contribution in [2.75, 3.05) is 13.6 Å². The van der Waals surface area contributed by atoms with Gasteiger partial charge in [0, 0.05) is 0 Å². The molecule has 0 aliphatic carbocycles. The van der Waals surface area contributed by atoms with E-state index in [4.69, 9.17) is 21.3 Å². The predicted molar refractivity (Wildman–Crippen MR) is 77.5 cm³/mol. The molecule has 22 heavy (non-hydrogen) atoms. The van der Waals surface area contributed by atoms with Gasteiger partial charge in [0.15, 0.2) is 0 Å². The molecule has 130 valence electrons. The third-order valence-electron chi connectivity index (χ3n) is 2.11. The maximum absolute atomic E-state index is 11.9. The van der Waals surface area contributed by atoms with Gasteiger partial charge in [-0.05, 0) is 41.5 Å². The summed E-state index contributed by atoms with van der Waals surface area (Å²) in [6.45, 7) is 8.43. The summed E-state index contributed by atoms with van der Waals surface area (Å²) in [5, 5.41) is 0. The quantitative estimate of drug-likeness (QED) is 0.387. The molecule has 0 aliphatic heterocycles. The molecule has 0 saturated heterocycles. The fourth-order valence-corrected chi connectivity index (χ4v) is 1.56. The van der Waals surface area contributed by atoms with E-state index in [0.717, 1.165) is 0 Å². The minimum absolute atomic E-state index is 0.576. The lowest BCUT2D eigenvalue weighted by Crippen LogP contribution is -2.24. The van der Waals surface area contributed by atoms with E-state index < -0.39 is 44.2 Å². The topological polar surface area (TPSA) is 97.4 Å². The molecule has 0 unspecified atom stereocenters. The van der Waals surface area contributed by atoms with Crippen LogP contribution in [0.25, 0.3) is 0 Å². The summed E-state index contributed by atoms with van der Waals surface area (Å²) in [4.78, 5) is 23.0. The number of phosphoric ester groups is 1. The van der Waals surface area contributed by atoms with Crippen molar-refractivity contribution in [1.82, 2.24) is 0 Å². The van der Waals surface area contributed by atoms with E-state index in [9.17, 15) is 14.2 Å². The van der Waals surface area contributed by atoms with Crippen molar-refractivity contribution in [3.8, 4) is 0 Å². The van der Waals surface area contributed by atoms with Gasteiger partial charge in [-0.2, -0.15) is 4.08 Å². The summed E-state index contributed by atoms with van der Waals surface area (Å²) >= 11 is 5.03. The second-order valence-corrected chi connectivity index (χ2v) is 8.34. The monoisotopic (exact) mass is 360 g/mol. The van der Waals surface area contributed by atoms with E-state index in [0.29, 0.717) is 0 Å². The molecular formula is C12H22ClO8P. The number of halogens is 1. The number of ether oxygens (including phenoxy) is 2. The molecule has 0 heterocycles. The fraction of sp³-hybridized carbons (Fsp3) is 0.833. The molecule has 0 aliphatic rings. The number of hydrogen-bond donors (Lipinski definition) is 0. The van der Waals surface area contributed by atoms with Crippen molar-refractivity contribution in [1.29, 1.82) is 0 Å². The molecule has 0 radical (unpaired) electrons. The van der Waals surface area contributed by atoms with Crippen molar-refractivity contribution in [2.45, 2.75) is 41.5 Å². The van der Waals surface area contributed by atoms with Gasteiger partial charge in [0.25, 0.3) is 0 Å². The van der Waals surface area contributed by atoms with Gasteiger partial charge in [0.05, 0.1) is 22.7 Å². The minimum atomic E-state index is -4.21. The van der Waals surface area contributed by atoms with Crippen molar-refractivity contribution >= 4 is 31.6 Å². The van der Waals surface area contributed by atoms with Crippen LogP contribution in [0, 0.1) is 10.8 Å². The zero-order valence-electron chi connectivity index (χ0n) is 13.5. The molecule has 0 aromatic carbocycles. The highest BCUT2D eigenvalue weighted by molar-refractivity contribution is 7.49. The second kappa shape index (κ2) is 8.26. The molecule has 0 amide bonds. The number of hydrogen-bond acceptors (Lipinski definition) is 8. The van der Waals surface area contributed by atoms with Gasteiger partial charge in [0.2, 0.25) is 13.6 Å². The second-order valence-electron chi connectivity index (χ2n) is 6.37. The van der Waals surface area contributed by atoms with Crippen LogP contribution in [0.5, 0.6) is 0 Å². The van der Waals surface area contributed by atoms with Gasteiger partial charge < -0.3 is 9.47 Å². The summed E-state index contributed by atoms with van der Waals surface area (Å²) in [7, 11) is -4.21. The van der Waals surface area contributed by atoms with Crippen LogP contribution in [0.4, 0.5) is 0 Å². The molecule has 0 rings (SSSR count). The first-order chi connectivity index (χ1) is 9.82. The van der Waals surface area contributed by atoms with Gasteiger partial charge in [-0.15, -0.1) is 0 Å². The van der Waals surface area contributed by atoms with Crippen LogP contribution in [0.3, 0.4) is 0 Å².